The minimum absolute atomic E-state index is 0.0293. The first-order chi connectivity index (χ1) is 12.2. The van der Waals surface area contributed by atoms with E-state index in [-0.39, 0.29) is 11.9 Å². The van der Waals surface area contributed by atoms with E-state index in [1.54, 1.807) is 18.4 Å². The topological polar surface area (TPSA) is 48.7 Å². The van der Waals surface area contributed by atoms with Crippen LogP contribution in [-0.4, -0.2) is 55.5 Å². The molecule has 132 valence electrons. The number of rotatable bonds is 6. The lowest BCUT2D eigenvalue weighted by Crippen LogP contribution is -2.47. The number of hydrogen-bond acceptors (Lipinski definition) is 4. The van der Waals surface area contributed by atoms with E-state index in [4.69, 9.17) is 4.42 Å². The first-order valence-electron chi connectivity index (χ1n) is 8.68. The highest BCUT2D eigenvalue weighted by atomic mass is 16.3. The summed E-state index contributed by atoms with van der Waals surface area (Å²) in [5.41, 5.74) is 1.13. The molecular weight excluding hydrogens is 314 g/mol. The number of nitrogens with zero attached hydrogens (tertiary/aromatic N) is 2. The Morgan fingerprint density at radius 2 is 1.92 bits per heavy atom. The molecule has 1 aliphatic heterocycles. The molecule has 0 radical (unpaired) electrons. The maximum atomic E-state index is 12.3. The van der Waals surface area contributed by atoms with Crippen molar-refractivity contribution in [1.29, 1.82) is 0 Å². The highest BCUT2D eigenvalue weighted by Gasteiger charge is 2.20. The Kier molecular flexibility index (Phi) is 6.04. The smallest absolute Gasteiger partial charge is 0.244 e. The van der Waals surface area contributed by atoms with Crippen LogP contribution in [0.15, 0.2) is 59.2 Å². The van der Waals surface area contributed by atoms with Crippen molar-refractivity contribution in [2.75, 3.05) is 39.8 Å². The first kappa shape index (κ1) is 17.5. The van der Waals surface area contributed by atoms with E-state index >= 15 is 0 Å². The third-order valence-corrected chi connectivity index (χ3v) is 4.50. The Bertz CT molecular complexity index is 674. The zero-order chi connectivity index (χ0) is 17.5. The molecule has 0 saturated carbocycles. The average Bonchev–Trinajstić information content (AvgIpc) is 3.16. The average molecular weight is 339 g/mol. The molecule has 1 aromatic carbocycles. The third-order valence-electron chi connectivity index (χ3n) is 4.50. The molecule has 2 aromatic rings. The number of amides is 1. The summed E-state index contributed by atoms with van der Waals surface area (Å²) in [6.45, 7) is 5.00. The fourth-order valence-electron chi connectivity index (χ4n) is 2.97. The Labute approximate surface area is 148 Å². The fourth-order valence-corrected chi connectivity index (χ4v) is 2.97. The summed E-state index contributed by atoms with van der Waals surface area (Å²) in [5.74, 6) is 0.560. The zero-order valence-corrected chi connectivity index (χ0v) is 14.6. The van der Waals surface area contributed by atoms with Crippen molar-refractivity contribution in [2.45, 2.75) is 6.04 Å². The van der Waals surface area contributed by atoms with Crippen LogP contribution in [-0.2, 0) is 4.79 Å². The van der Waals surface area contributed by atoms with Gasteiger partial charge in [0.15, 0.2) is 0 Å². The van der Waals surface area contributed by atoms with Crippen LogP contribution in [0.3, 0.4) is 0 Å². The van der Waals surface area contributed by atoms with Crippen LogP contribution in [0, 0.1) is 0 Å². The van der Waals surface area contributed by atoms with Gasteiger partial charge < -0.3 is 14.6 Å². The monoisotopic (exact) mass is 339 g/mol. The van der Waals surface area contributed by atoms with Crippen LogP contribution >= 0.6 is 0 Å². The van der Waals surface area contributed by atoms with Crippen molar-refractivity contribution < 1.29 is 9.21 Å². The Morgan fingerprint density at radius 1 is 1.16 bits per heavy atom. The molecule has 1 fully saturated rings. The van der Waals surface area contributed by atoms with Crippen molar-refractivity contribution >= 4 is 12.0 Å². The largest absolute Gasteiger partial charge is 0.465 e. The summed E-state index contributed by atoms with van der Waals surface area (Å²) in [5, 5.41) is 3.13. The Balaban J connectivity index is 1.65. The van der Waals surface area contributed by atoms with Crippen LogP contribution in [0.1, 0.15) is 17.4 Å². The lowest BCUT2D eigenvalue weighted by molar-refractivity contribution is -0.117. The van der Waals surface area contributed by atoms with Gasteiger partial charge in [0.25, 0.3) is 0 Å². The Morgan fingerprint density at radius 3 is 2.60 bits per heavy atom. The predicted octanol–water partition coefficient (Wildman–Crippen LogP) is 2.40. The van der Waals surface area contributed by atoms with E-state index in [0.29, 0.717) is 5.76 Å². The number of benzene rings is 1. The molecule has 1 unspecified atom stereocenters. The normalized spacial score (nSPS) is 17.6. The zero-order valence-electron chi connectivity index (χ0n) is 14.6. The van der Waals surface area contributed by atoms with E-state index in [1.165, 1.54) is 6.08 Å². The third kappa shape index (κ3) is 5.31. The summed E-state index contributed by atoms with van der Waals surface area (Å²) < 4.78 is 5.23. The van der Waals surface area contributed by atoms with Gasteiger partial charge in [-0.15, -0.1) is 0 Å². The quantitative estimate of drug-likeness (QED) is 0.821. The number of likely N-dealkylation sites (N-methyl/N-ethyl adjacent to an activating group) is 1. The number of hydrogen-bond donors (Lipinski definition) is 1. The van der Waals surface area contributed by atoms with Gasteiger partial charge in [-0.2, -0.15) is 0 Å². The van der Waals surface area contributed by atoms with Crippen molar-refractivity contribution in [1.82, 2.24) is 15.1 Å². The van der Waals surface area contributed by atoms with E-state index in [0.717, 1.165) is 38.3 Å². The standard InChI is InChI=1S/C20H25N3O2/c1-22-11-13-23(14-12-22)16-19(17-6-3-2-4-7-17)21-20(24)10-9-18-8-5-15-25-18/h2-10,15,19H,11-14,16H2,1H3,(H,21,24). The number of piperazine rings is 1. The summed E-state index contributed by atoms with van der Waals surface area (Å²) in [6.07, 6.45) is 4.81. The molecule has 1 saturated heterocycles. The SMILES string of the molecule is CN1CCN(CC(NC(=O)C=Cc2ccco2)c2ccccc2)CC1. The van der Waals surface area contributed by atoms with Gasteiger partial charge in [-0.1, -0.05) is 30.3 Å². The summed E-state index contributed by atoms with van der Waals surface area (Å²) in [7, 11) is 2.15. The molecular formula is C20H25N3O2. The van der Waals surface area contributed by atoms with Crippen molar-refractivity contribution in [3.63, 3.8) is 0 Å². The van der Waals surface area contributed by atoms with E-state index in [9.17, 15) is 4.79 Å². The van der Waals surface area contributed by atoms with Gasteiger partial charge in [-0.3, -0.25) is 9.69 Å². The van der Waals surface area contributed by atoms with Gasteiger partial charge in [-0.25, -0.2) is 0 Å². The lowest BCUT2D eigenvalue weighted by atomic mass is 10.1. The highest BCUT2D eigenvalue weighted by Crippen LogP contribution is 2.15. The van der Waals surface area contributed by atoms with Crippen molar-refractivity contribution in [2.24, 2.45) is 0 Å². The molecule has 0 bridgehead atoms. The summed E-state index contributed by atoms with van der Waals surface area (Å²) in [4.78, 5) is 17.1. The van der Waals surface area contributed by atoms with Crippen LogP contribution in [0.25, 0.3) is 6.08 Å². The van der Waals surface area contributed by atoms with Gasteiger partial charge in [0, 0.05) is 38.8 Å². The number of furan rings is 1. The van der Waals surface area contributed by atoms with Gasteiger partial charge in [-0.05, 0) is 30.8 Å². The van der Waals surface area contributed by atoms with Crippen molar-refractivity contribution in [3.8, 4) is 0 Å². The number of carbonyl (C=O) groups excluding carboxylic acids is 1. The molecule has 25 heavy (non-hydrogen) atoms. The molecule has 0 aliphatic carbocycles. The second-order valence-electron chi connectivity index (χ2n) is 6.42. The van der Waals surface area contributed by atoms with E-state index < -0.39 is 0 Å². The maximum Gasteiger partial charge on any atom is 0.244 e. The molecule has 1 atom stereocenters. The van der Waals surface area contributed by atoms with Gasteiger partial charge >= 0.3 is 0 Å². The molecule has 0 spiro atoms. The minimum atomic E-state index is -0.112. The second kappa shape index (κ2) is 8.65. The maximum absolute atomic E-state index is 12.3. The first-order valence-corrected chi connectivity index (χ1v) is 8.68. The molecule has 3 rings (SSSR count). The number of carbonyl (C=O) groups is 1. The number of nitrogens with one attached hydrogen (secondary N) is 1. The predicted molar refractivity (Wildman–Crippen MR) is 99.0 cm³/mol. The van der Waals surface area contributed by atoms with Crippen LogP contribution < -0.4 is 5.32 Å². The molecule has 5 heteroatoms. The summed E-state index contributed by atoms with van der Waals surface area (Å²) in [6, 6.07) is 13.7. The molecule has 2 heterocycles. The highest BCUT2D eigenvalue weighted by molar-refractivity contribution is 5.91. The lowest BCUT2D eigenvalue weighted by Gasteiger charge is -2.34. The molecule has 1 aliphatic rings. The fraction of sp³-hybridized carbons (Fsp3) is 0.350. The van der Waals surface area contributed by atoms with Crippen molar-refractivity contribution in [3.05, 3.63) is 66.1 Å². The minimum Gasteiger partial charge on any atom is -0.465 e. The van der Waals surface area contributed by atoms with Crippen LogP contribution in [0.4, 0.5) is 0 Å². The Hall–Kier alpha value is -2.37. The second-order valence-corrected chi connectivity index (χ2v) is 6.42. The van der Waals surface area contributed by atoms with Crippen LogP contribution in [0.2, 0.25) is 0 Å². The van der Waals surface area contributed by atoms with Gasteiger partial charge in [0.2, 0.25) is 5.91 Å². The van der Waals surface area contributed by atoms with E-state index in [2.05, 4.69) is 34.3 Å². The van der Waals surface area contributed by atoms with Gasteiger partial charge in [0.05, 0.1) is 12.3 Å². The molecule has 1 aromatic heterocycles. The van der Waals surface area contributed by atoms with Gasteiger partial charge in [0.1, 0.15) is 5.76 Å². The van der Waals surface area contributed by atoms with Crippen LogP contribution in [0.5, 0.6) is 0 Å². The molecule has 5 nitrogen and oxygen atoms in total. The molecule has 1 N–H and O–H groups in total. The summed E-state index contributed by atoms with van der Waals surface area (Å²) >= 11 is 0. The molecule has 1 amide bonds. The van der Waals surface area contributed by atoms with E-state index in [1.807, 2.05) is 24.3 Å².